The largest absolute Gasteiger partial charge is 0.379 e. The molecule has 0 aliphatic carbocycles. The highest BCUT2D eigenvalue weighted by Crippen LogP contribution is 2.05. The van der Waals surface area contributed by atoms with Crippen LogP contribution in [-0.2, 0) is 4.74 Å². The normalized spacial score (nSPS) is 13.1. The fourth-order valence-corrected chi connectivity index (χ4v) is 1.96. The third kappa shape index (κ3) is 8.36. The van der Waals surface area contributed by atoms with Crippen LogP contribution in [0.3, 0.4) is 0 Å². The molecule has 0 saturated carbocycles. The summed E-state index contributed by atoms with van der Waals surface area (Å²) in [4.78, 5) is 0. The molecule has 15 heavy (non-hydrogen) atoms. The molecule has 0 aliphatic heterocycles. The molecule has 0 heterocycles. The molecule has 0 aromatic heterocycles. The zero-order valence-electron chi connectivity index (χ0n) is 9.15. The van der Waals surface area contributed by atoms with E-state index in [9.17, 15) is 0 Å². The van der Waals surface area contributed by atoms with Crippen LogP contribution in [0, 0.1) is 35.5 Å². The van der Waals surface area contributed by atoms with Gasteiger partial charge < -0.3 is 4.74 Å². The monoisotopic (exact) mass is 430 g/mol. The van der Waals surface area contributed by atoms with Gasteiger partial charge in [-0.05, 0) is 13.8 Å². The van der Waals surface area contributed by atoms with E-state index in [1.165, 1.54) is 0 Å². The van der Waals surface area contributed by atoms with Gasteiger partial charge in [-0.25, -0.2) is 0 Å². The maximum atomic E-state index is 5.63. The predicted molar refractivity (Wildman–Crippen MR) is 82.5 cm³/mol. The highest BCUT2D eigenvalue weighted by molar-refractivity contribution is 14.1. The van der Waals surface area contributed by atoms with Crippen molar-refractivity contribution in [3.8, 4) is 23.7 Å². The van der Waals surface area contributed by atoms with Crippen LogP contribution in [0.2, 0.25) is 0 Å². The lowest BCUT2D eigenvalue weighted by molar-refractivity contribution is 0.108. The standard InChI is InChI=1S/C12H16I2O/c1-3-5-11(7-13)9-15-10-12(8-14)6-4-2/h11-12H,7-10H2,1-2H3. The van der Waals surface area contributed by atoms with Gasteiger partial charge >= 0.3 is 0 Å². The van der Waals surface area contributed by atoms with Gasteiger partial charge in [-0.1, -0.05) is 57.0 Å². The van der Waals surface area contributed by atoms with E-state index >= 15 is 0 Å². The maximum Gasteiger partial charge on any atom is 0.0611 e. The predicted octanol–water partition coefficient (Wildman–Crippen LogP) is 3.15. The molecule has 0 radical (unpaired) electrons. The summed E-state index contributed by atoms with van der Waals surface area (Å²) in [5.74, 6) is 12.9. The minimum Gasteiger partial charge on any atom is -0.379 e. The molecule has 3 heteroatoms. The van der Waals surface area contributed by atoms with E-state index in [2.05, 4.69) is 68.9 Å². The fraction of sp³-hybridized carbons (Fsp3) is 0.667. The fourth-order valence-electron chi connectivity index (χ4n) is 1.01. The average molecular weight is 430 g/mol. The molecule has 0 rings (SSSR count). The zero-order valence-corrected chi connectivity index (χ0v) is 13.5. The summed E-state index contributed by atoms with van der Waals surface area (Å²) in [6.07, 6.45) is 0. The first kappa shape index (κ1) is 15.5. The Labute approximate surface area is 120 Å². The lowest BCUT2D eigenvalue weighted by Crippen LogP contribution is -2.15. The first-order valence-corrected chi connectivity index (χ1v) is 7.87. The molecule has 0 bridgehead atoms. The molecule has 0 aliphatic rings. The highest BCUT2D eigenvalue weighted by atomic mass is 127. The van der Waals surface area contributed by atoms with Gasteiger partial charge in [0.1, 0.15) is 0 Å². The molecule has 0 N–H and O–H groups in total. The van der Waals surface area contributed by atoms with Crippen LogP contribution in [0.25, 0.3) is 0 Å². The van der Waals surface area contributed by atoms with Crippen molar-refractivity contribution >= 4 is 45.2 Å². The topological polar surface area (TPSA) is 9.23 Å². The SMILES string of the molecule is CC#CC(CI)COCC(C#CC)CI. The van der Waals surface area contributed by atoms with Crippen molar-refractivity contribution in [1.29, 1.82) is 0 Å². The van der Waals surface area contributed by atoms with E-state index in [4.69, 9.17) is 4.74 Å². The summed E-state index contributed by atoms with van der Waals surface area (Å²) in [6.45, 7) is 5.19. The Bertz CT molecular complexity index is 239. The van der Waals surface area contributed by atoms with E-state index in [-0.39, 0.29) is 0 Å². The van der Waals surface area contributed by atoms with Crippen LogP contribution in [-0.4, -0.2) is 22.1 Å². The van der Waals surface area contributed by atoms with Crippen LogP contribution in [0.5, 0.6) is 0 Å². The van der Waals surface area contributed by atoms with Crippen LogP contribution in [0.15, 0.2) is 0 Å². The third-order valence-electron chi connectivity index (χ3n) is 1.71. The summed E-state index contributed by atoms with van der Waals surface area (Å²) >= 11 is 4.69. The molecule has 0 aromatic rings. The third-order valence-corrected chi connectivity index (χ3v) is 3.83. The Balaban J connectivity index is 3.81. The summed E-state index contributed by atoms with van der Waals surface area (Å²) < 4.78 is 7.67. The minimum absolute atomic E-state index is 0.361. The number of ether oxygens (including phenoxy) is 1. The Morgan fingerprint density at radius 1 is 0.933 bits per heavy atom. The molecule has 2 atom stereocenters. The number of alkyl halides is 2. The van der Waals surface area contributed by atoms with Crippen LogP contribution in [0.4, 0.5) is 0 Å². The van der Waals surface area contributed by atoms with Gasteiger partial charge in [0.15, 0.2) is 0 Å². The van der Waals surface area contributed by atoms with Gasteiger partial charge in [0.2, 0.25) is 0 Å². The van der Waals surface area contributed by atoms with Crippen molar-refractivity contribution in [3.05, 3.63) is 0 Å². The van der Waals surface area contributed by atoms with Gasteiger partial charge in [0.05, 0.1) is 25.0 Å². The molecule has 0 spiro atoms. The molecular weight excluding hydrogens is 414 g/mol. The number of hydrogen-bond acceptors (Lipinski definition) is 1. The second kappa shape index (κ2) is 11.0. The van der Waals surface area contributed by atoms with Crippen molar-refractivity contribution in [3.63, 3.8) is 0 Å². The van der Waals surface area contributed by atoms with Crippen molar-refractivity contribution < 1.29 is 4.74 Å². The van der Waals surface area contributed by atoms with Gasteiger partial charge in [0.25, 0.3) is 0 Å². The van der Waals surface area contributed by atoms with E-state index in [1.54, 1.807) is 0 Å². The Morgan fingerprint density at radius 2 is 1.33 bits per heavy atom. The molecule has 84 valence electrons. The van der Waals surface area contributed by atoms with E-state index in [0.717, 1.165) is 22.1 Å². The summed E-state index contributed by atoms with van der Waals surface area (Å²) in [5, 5.41) is 0. The second-order valence-corrected chi connectivity index (χ2v) is 4.79. The van der Waals surface area contributed by atoms with E-state index in [0.29, 0.717) is 11.8 Å². The smallest absolute Gasteiger partial charge is 0.0611 e. The quantitative estimate of drug-likeness (QED) is 0.358. The molecule has 0 saturated heterocycles. The Kier molecular flexibility index (Phi) is 11.4. The summed E-state index contributed by atoms with van der Waals surface area (Å²) in [7, 11) is 0. The Morgan fingerprint density at radius 3 is 1.60 bits per heavy atom. The van der Waals surface area contributed by atoms with Crippen molar-refractivity contribution in [1.82, 2.24) is 0 Å². The molecule has 0 amide bonds. The molecule has 0 aromatic carbocycles. The second-order valence-electron chi connectivity index (χ2n) is 3.03. The average Bonchev–Trinajstić information content (AvgIpc) is 2.26. The van der Waals surface area contributed by atoms with Gasteiger partial charge in [-0.15, -0.1) is 11.8 Å². The maximum absolute atomic E-state index is 5.63. The van der Waals surface area contributed by atoms with Crippen LogP contribution in [0.1, 0.15) is 13.8 Å². The number of hydrogen-bond donors (Lipinski definition) is 0. The van der Waals surface area contributed by atoms with Crippen molar-refractivity contribution in [2.45, 2.75) is 13.8 Å². The van der Waals surface area contributed by atoms with Crippen molar-refractivity contribution in [2.75, 3.05) is 22.1 Å². The first-order valence-electron chi connectivity index (χ1n) is 4.82. The van der Waals surface area contributed by atoms with Gasteiger partial charge in [0, 0.05) is 8.86 Å². The van der Waals surface area contributed by atoms with Crippen molar-refractivity contribution in [2.24, 2.45) is 11.8 Å². The zero-order chi connectivity index (χ0) is 11.5. The number of halogens is 2. The van der Waals surface area contributed by atoms with Crippen LogP contribution < -0.4 is 0 Å². The van der Waals surface area contributed by atoms with Gasteiger partial charge in [-0.2, -0.15) is 0 Å². The lowest BCUT2D eigenvalue weighted by Gasteiger charge is -2.11. The molecule has 2 unspecified atom stereocenters. The highest BCUT2D eigenvalue weighted by Gasteiger charge is 2.06. The van der Waals surface area contributed by atoms with Crippen LogP contribution >= 0.6 is 45.2 Å². The summed E-state index contributed by atoms with van der Waals surface area (Å²) in [5.41, 5.74) is 0. The number of rotatable bonds is 6. The minimum atomic E-state index is 0.361. The molecule has 1 nitrogen and oxygen atoms in total. The molecule has 0 fully saturated rings. The van der Waals surface area contributed by atoms with Gasteiger partial charge in [-0.3, -0.25) is 0 Å². The van der Waals surface area contributed by atoms with E-state index in [1.807, 2.05) is 13.8 Å². The van der Waals surface area contributed by atoms with E-state index < -0.39 is 0 Å². The lowest BCUT2D eigenvalue weighted by atomic mass is 10.2. The Hall–Kier alpha value is 0.540. The summed E-state index contributed by atoms with van der Waals surface area (Å²) in [6, 6.07) is 0. The molecular formula is C12H16I2O. The first-order chi connectivity index (χ1) is 7.28.